The number of nitrogens with one attached hydrogen (secondary N) is 2. The molecule has 1 aromatic carbocycles. The maximum absolute atomic E-state index is 12.1. The number of nitrogens with zero attached hydrogens (tertiary/aromatic N) is 2. The van der Waals surface area contributed by atoms with Crippen LogP contribution in [-0.4, -0.2) is 41.5 Å². The summed E-state index contributed by atoms with van der Waals surface area (Å²) in [6.45, 7) is 5.57. The maximum atomic E-state index is 12.1. The number of amides is 2. The van der Waals surface area contributed by atoms with E-state index >= 15 is 0 Å². The van der Waals surface area contributed by atoms with Gasteiger partial charge < -0.3 is 14.8 Å². The van der Waals surface area contributed by atoms with Gasteiger partial charge in [0, 0.05) is 17.9 Å². The number of aromatic nitrogens is 2. The lowest BCUT2D eigenvalue weighted by Gasteiger charge is -2.22. The Labute approximate surface area is 160 Å². The fourth-order valence-corrected chi connectivity index (χ4v) is 4.12. The van der Waals surface area contributed by atoms with E-state index in [1.807, 2.05) is 32.0 Å². The van der Waals surface area contributed by atoms with E-state index in [2.05, 4.69) is 20.8 Å². The third-order valence-corrected chi connectivity index (χ3v) is 5.87. The zero-order valence-corrected chi connectivity index (χ0v) is 16.4. The van der Waals surface area contributed by atoms with Gasteiger partial charge in [-0.15, -0.1) is 10.2 Å². The Morgan fingerprint density at radius 2 is 2.04 bits per heavy atom. The molecule has 1 saturated heterocycles. The number of benzene rings is 1. The van der Waals surface area contributed by atoms with Crippen LogP contribution in [-0.2, 0) is 9.47 Å². The Balaban J connectivity index is 1.43. The molecule has 3 rings (SSSR count). The van der Waals surface area contributed by atoms with Crippen molar-refractivity contribution in [1.82, 2.24) is 10.2 Å². The molecule has 2 amide bonds. The molecule has 7 nitrogen and oxygen atoms in total. The van der Waals surface area contributed by atoms with Crippen LogP contribution in [0.15, 0.2) is 22.5 Å². The van der Waals surface area contributed by atoms with Crippen molar-refractivity contribution in [2.24, 2.45) is 0 Å². The Bertz CT molecular complexity index is 747. The average molecular weight is 395 g/mol. The SMILES string of the molecule is Cc1ccc(NC(=O)Nc2nnc(SCCC3OCCCO3)s2)cc1C. The van der Waals surface area contributed by atoms with Crippen LogP contribution in [0.2, 0.25) is 0 Å². The highest BCUT2D eigenvalue weighted by atomic mass is 32.2. The van der Waals surface area contributed by atoms with Crippen LogP contribution < -0.4 is 10.6 Å². The van der Waals surface area contributed by atoms with E-state index in [4.69, 9.17) is 9.47 Å². The minimum absolute atomic E-state index is 0.120. The van der Waals surface area contributed by atoms with Crippen molar-refractivity contribution in [2.45, 2.75) is 37.3 Å². The quantitative estimate of drug-likeness (QED) is 0.568. The summed E-state index contributed by atoms with van der Waals surface area (Å²) in [5.41, 5.74) is 3.06. The molecule has 0 aliphatic carbocycles. The van der Waals surface area contributed by atoms with Crippen LogP contribution in [0.3, 0.4) is 0 Å². The molecule has 0 bridgehead atoms. The van der Waals surface area contributed by atoms with Gasteiger partial charge in [0.15, 0.2) is 10.6 Å². The first-order valence-electron chi connectivity index (χ1n) is 8.45. The Hall–Kier alpha value is -1.68. The number of hydrogen-bond acceptors (Lipinski definition) is 7. The lowest BCUT2D eigenvalue weighted by atomic mass is 10.1. The molecule has 0 spiro atoms. The topological polar surface area (TPSA) is 85.4 Å². The van der Waals surface area contributed by atoms with Crippen molar-refractivity contribution in [2.75, 3.05) is 29.6 Å². The first-order chi connectivity index (χ1) is 12.6. The fourth-order valence-electron chi connectivity index (χ4n) is 2.34. The summed E-state index contributed by atoms with van der Waals surface area (Å²) in [4.78, 5) is 12.1. The number of thioether (sulfide) groups is 1. The highest BCUT2D eigenvalue weighted by Gasteiger charge is 2.15. The van der Waals surface area contributed by atoms with E-state index in [-0.39, 0.29) is 12.3 Å². The zero-order chi connectivity index (χ0) is 18.4. The summed E-state index contributed by atoms with van der Waals surface area (Å²) in [5, 5.41) is 14.1. The first-order valence-corrected chi connectivity index (χ1v) is 10.2. The molecule has 1 aliphatic heterocycles. The van der Waals surface area contributed by atoms with Crippen LogP contribution in [0.4, 0.5) is 15.6 Å². The summed E-state index contributed by atoms with van der Waals surface area (Å²) < 4.78 is 11.8. The van der Waals surface area contributed by atoms with Gasteiger partial charge in [-0.05, 0) is 43.5 Å². The van der Waals surface area contributed by atoms with Crippen LogP contribution in [0.25, 0.3) is 0 Å². The molecule has 0 saturated carbocycles. The third kappa shape index (κ3) is 5.66. The molecule has 0 radical (unpaired) electrons. The van der Waals surface area contributed by atoms with E-state index in [0.29, 0.717) is 5.13 Å². The van der Waals surface area contributed by atoms with E-state index < -0.39 is 0 Å². The monoisotopic (exact) mass is 394 g/mol. The normalized spacial score (nSPS) is 15.0. The van der Waals surface area contributed by atoms with Crippen molar-refractivity contribution >= 4 is 39.9 Å². The minimum Gasteiger partial charge on any atom is -0.353 e. The molecule has 0 unspecified atom stereocenters. The minimum atomic E-state index is -0.329. The molecule has 0 atom stereocenters. The number of ether oxygens (including phenoxy) is 2. The second-order valence-corrected chi connectivity index (χ2v) is 8.23. The van der Waals surface area contributed by atoms with Crippen LogP contribution in [0.1, 0.15) is 24.0 Å². The predicted octanol–water partition coefficient (Wildman–Crippen LogP) is 4.04. The van der Waals surface area contributed by atoms with Crippen molar-refractivity contribution in [1.29, 1.82) is 0 Å². The number of carbonyl (C=O) groups excluding carboxylic acids is 1. The van der Waals surface area contributed by atoms with Crippen molar-refractivity contribution in [3.8, 4) is 0 Å². The number of hydrogen-bond donors (Lipinski definition) is 2. The van der Waals surface area contributed by atoms with Crippen LogP contribution in [0.5, 0.6) is 0 Å². The van der Waals surface area contributed by atoms with Crippen LogP contribution >= 0.6 is 23.1 Å². The van der Waals surface area contributed by atoms with Gasteiger partial charge >= 0.3 is 6.03 Å². The molecule has 2 N–H and O–H groups in total. The fraction of sp³-hybridized carbons (Fsp3) is 0.471. The Morgan fingerprint density at radius 3 is 2.81 bits per heavy atom. The Morgan fingerprint density at radius 1 is 1.23 bits per heavy atom. The summed E-state index contributed by atoms with van der Waals surface area (Å²) >= 11 is 2.93. The smallest absolute Gasteiger partial charge is 0.325 e. The molecule has 1 aliphatic rings. The number of aryl methyl sites for hydroxylation is 2. The lowest BCUT2D eigenvalue weighted by molar-refractivity contribution is -0.178. The zero-order valence-electron chi connectivity index (χ0n) is 14.8. The lowest BCUT2D eigenvalue weighted by Crippen LogP contribution is -2.25. The van der Waals surface area contributed by atoms with E-state index in [0.717, 1.165) is 47.4 Å². The van der Waals surface area contributed by atoms with Gasteiger partial charge in [0.1, 0.15) is 0 Å². The average Bonchev–Trinajstić information content (AvgIpc) is 3.06. The standard InChI is InChI=1S/C17H22N4O3S2/c1-11-4-5-13(10-12(11)2)18-15(22)19-16-20-21-17(26-16)25-9-6-14-23-7-3-8-24-14/h4-5,10,14H,3,6-9H2,1-2H3,(H2,18,19,20,22). The summed E-state index contributed by atoms with van der Waals surface area (Å²) in [5.74, 6) is 0.828. The largest absolute Gasteiger partial charge is 0.353 e. The summed E-state index contributed by atoms with van der Waals surface area (Å²) in [6, 6.07) is 5.46. The van der Waals surface area contributed by atoms with Gasteiger partial charge in [0.05, 0.1) is 13.2 Å². The first kappa shape index (κ1) is 19.1. The molecule has 1 fully saturated rings. The van der Waals surface area contributed by atoms with Crippen LogP contribution in [0, 0.1) is 13.8 Å². The molecule has 26 heavy (non-hydrogen) atoms. The number of urea groups is 1. The van der Waals surface area contributed by atoms with Crippen molar-refractivity contribution < 1.29 is 14.3 Å². The van der Waals surface area contributed by atoms with E-state index in [1.165, 1.54) is 16.9 Å². The van der Waals surface area contributed by atoms with E-state index in [1.54, 1.807) is 11.8 Å². The Kier molecular flexibility index (Phi) is 6.84. The van der Waals surface area contributed by atoms with Gasteiger partial charge in [0.25, 0.3) is 0 Å². The van der Waals surface area contributed by atoms with Gasteiger partial charge in [-0.2, -0.15) is 0 Å². The van der Waals surface area contributed by atoms with Gasteiger partial charge in [-0.1, -0.05) is 29.2 Å². The predicted molar refractivity (Wildman–Crippen MR) is 104 cm³/mol. The number of anilines is 2. The summed E-state index contributed by atoms with van der Waals surface area (Å²) in [7, 11) is 0. The summed E-state index contributed by atoms with van der Waals surface area (Å²) in [6.07, 6.45) is 1.64. The molecular weight excluding hydrogens is 372 g/mol. The molecular formula is C17H22N4O3S2. The molecule has 1 aromatic heterocycles. The molecule has 140 valence electrons. The highest BCUT2D eigenvalue weighted by Crippen LogP contribution is 2.27. The van der Waals surface area contributed by atoms with Crippen molar-refractivity contribution in [3.05, 3.63) is 29.3 Å². The van der Waals surface area contributed by atoms with E-state index in [9.17, 15) is 4.79 Å². The van der Waals surface area contributed by atoms with Gasteiger partial charge in [-0.3, -0.25) is 5.32 Å². The second kappa shape index (κ2) is 9.31. The molecule has 2 heterocycles. The highest BCUT2D eigenvalue weighted by molar-refractivity contribution is 8.01. The second-order valence-electron chi connectivity index (χ2n) is 5.91. The third-order valence-electron chi connectivity index (χ3n) is 3.87. The van der Waals surface area contributed by atoms with Gasteiger partial charge in [0.2, 0.25) is 5.13 Å². The molecule has 2 aromatic rings. The van der Waals surface area contributed by atoms with Gasteiger partial charge in [-0.25, -0.2) is 4.79 Å². The number of rotatable bonds is 6. The maximum Gasteiger partial charge on any atom is 0.325 e. The molecule has 9 heteroatoms. The van der Waals surface area contributed by atoms with Crippen molar-refractivity contribution in [3.63, 3.8) is 0 Å². The number of carbonyl (C=O) groups is 1.